The van der Waals surface area contributed by atoms with Crippen molar-refractivity contribution in [1.82, 2.24) is 15.1 Å². The van der Waals surface area contributed by atoms with Crippen molar-refractivity contribution in [2.24, 2.45) is 0 Å². The van der Waals surface area contributed by atoms with Crippen molar-refractivity contribution in [1.29, 1.82) is 5.26 Å². The second-order valence-electron chi connectivity index (χ2n) is 3.84. The fraction of sp³-hybridized carbons (Fsp3) is 0.231. The smallest absolute Gasteiger partial charge is 0.145 e. The maximum Gasteiger partial charge on any atom is 0.145 e. The molecule has 4 nitrogen and oxygen atoms in total. The molecule has 0 unspecified atom stereocenters. The van der Waals surface area contributed by atoms with Gasteiger partial charge in [0.2, 0.25) is 0 Å². The average molecular weight is 244 g/mol. The van der Waals surface area contributed by atoms with Gasteiger partial charge in [-0.25, -0.2) is 4.39 Å². The van der Waals surface area contributed by atoms with Crippen molar-refractivity contribution in [3.63, 3.8) is 0 Å². The zero-order chi connectivity index (χ0) is 12.8. The molecular formula is C13H13FN4. The van der Waals surface area contributed by atoms with Gasteiger partial charge < -0.3 is 5.32 Å². The molecule has 18 heavy (non-hydrogen) atoms. The molecule has 0 radical (unpaired) electrons. The van der Waals surface area contributed by atoms with Gasteiger partial charge in [0.1, 0.15) is 11.9 Å². The first kappa shape index (κ1) is 12.3. The summed E-state index contributed by atoms with van der Waals surface area (Å²) in [7, 11) is 0. The summed E-state index contributed by atoms with van der Waals surface area (Å²) in [6, 6.07) is 8.53. The number of halogens is 1. The Hall–Kier alpha value is -2.19. The Kier molecular flexibility index (Phi) is 4.05. The number of benzene rings is 1. The number of hydrogen-bond donors (Lipinski definition) is 1. The fourth-order valence-corrected chi connectivity index (χ4v) is 1.65. The third-order valence-corrected chi connectivity index (χ3v) is 2.59. The van der Waals surface area contributed by atoms with Crippen LogP contribution in [0, 0.1) is 17.1 Å². The van der Waals surface area contributed by atoms with Gasteiger partial charge in [-0.2, -0.15) is 10.4 Å². The zero-order valence-corrected chi connectivity index (χ0v) is 9.81. The molecule has 0 aliphatic heterocycles. The van der Waals surface area contributed by atoms with Gasteiger partial charge in [-0.1, -0.05) is 12.1 Å². The second-order valence-corrected chi connectivity index (χ2v) is 3.84. The monoisotopic (exact) mass is 244 g/mol. The van der Waals surface area contributed by atoms with Gasteiger partial charge >= 0.3 is 0 Å². The highest BCUT2D eigenvalue weighted by molar-refractivity contribution is 5.34. The number of nitriles is 1. The van der Waals surface area contributed by atoms with Gasteiger partial charge in [0, 0.05) is 31.0 Å². The fourth-order valence-electron chi connectivity index (χ4n) is 1.65. The summed E-state index contributed by atoms with van der Waals surface area (Å²) in [6.45, 7) is 1.83. The summed E-state index contributed by atoms with van der Waals surface area (Å²) in [5.74, 6) is -0.438. The highest BCUT2D eigenvalue weighted by Gasteiger charge is 2.06. The van der Waals surface area contributed by atoms with Crippen molar-refractivity contribution < 1.29 is 4.39 Å². The first-order valence-electron chi connectivity index (χ1n) is 5.67. The summed E-state index contributed by atoms with van der Waals surface area (Å²) < 4.78 is 15.5. The molecule has 0 saturated heterocycles. The minimum atomic E-state index is -0.438. The molecule has 0 aliphatic rings. The molecule has 1 N–H and O–H groups in total. The lowest BCUT2D eigenvalue weighted by Gasteiger charge is -2.06. The minimum absolute atomic E-state index is 0.0846. The van der Waals surface area contributed by atoms with Crippen LogP contribution in [0.15, 0.2) is 36.7 Å². The summed E-state index contributed by atoms with van der Waals surface area (Å²) in [5, 5.41) is 15.9. The highest BCUT2D eigenvalue weighted by Crippen LogP contribution is 2.11. The molecule has 5 heteroatoms. The largest absolute Gasteiger partial charge is 0.311 e. The molecule has 0 saturated carbocycles. The molecule has 1 heterocycles. The third-order valence-electron chi connectivity index (χ3n) is 2.59. The molecule has 0 atom stereocenters. The molecule has 1 aromatic heterocycles. The Labute approximate surface area is 105 Å². The van der Waals surface area contributed by atoms with E-state index in [9.17, 15) is 4.39 Å². The maximum absolute atomic E-state index is 13.7. The normalized spacial score (nSPS) is 10.2. The Morgan fingerprint density at radius 3 is 3.00 bits per heavy atom. The van der Waals surface area contributed by atoms with Crippen LogP contribution in [0.2, 0.25) is 0 Å². The first-order valence-corrected chi connectivity index (χ1v) is 5.67. The van der Waals surface area contributed by atoms with Gasteiger partial charge in [0.15, 0.2) is 0 Å². The lowest BCUT2D eigenvalue weighted by Crippen LogP contribution is -2.20. The van der Waals surface area contributed by atoms with E-state index in [2.05, 4.69) is 10.4 Å². The third kappa shape index (κ3) is 2.93. The van der Waals surface area contributed by atoms with E-state index in [4.69, 9.17) is 5.26 Å². The van der Waals surface area contributed by atoms with Gasteiger partial charge in [-0.15, -0.1) is 0 Å². The van der Waals surface area contributed by atoms with Gasteiger partial charge in [0.05, 0.1) is 12.1 Å². The highest BCUT2D eigenvalue weighted by atomic mass is 19.1. The van der Waals surface area contributed by atoms with E-state index in [0.717, 1.165) is 6.54 Å². The molecule has 0 aliphatic carbocycles. The molecule has 1 aromatic carbocycles. The first-order chi connectivity index (χ1) is 8.81. The molecule has 0 fully saturated rings. The van der Waals surface area contributed by atoms with Crippen LogP contribution in [0.3, 0.4) is 0 Å². The average Bonchev–Trinajstić information content (AvgIpc) is 2.89. The second kappa shape index (κ2) is 5.94. The van der Waals surface area contributed by atoms with Crippen molar-refractivity contribution in [3.05, 3.63) is 53.6 Å². The Morgan fingerprint density at radius 1 is 1.39 bits per heavy atom. The standard InChI is InChI=1S/C13H13FN4/c14-13-11(9-15)3-1-4-12(13)10-16-6-8-18-7-2-5-17-18/h1-5,7,16H,6,8,10H2. The Bertz CT molecular complexity index is 543. The molecule has 0 spiro atoms. The minimum Gasteiger partial charge on any atom is -0.311 e. The van der Waals surface area contributed by atoms with Crippen LogP contribution < -0.4 is 5.32 Å². The summed E-state index contributed by atoms with van der Waals surface area (Å²) in [4.78, 5) is 0. The number of nitrogens with zero attached hydrogens (tertiary/aromatic N) is 3. The van der Waals surface area contributed by atoms with E-state index >= 15 is 0 Å². The van der Waals surface area contributed by atoms with Crippen LogP contribution in [0.25, 0.3) is 0 Å². The van der Waals surface area contributed by atoms with E-state index in [1.807, 2.05) is 18.3 Å². The molecule has 92 valence electrons. The lowest BCUT2D eigenvalue weighted by molar-refractivity contribution is 0.539. The number of aromatic nitrogens is 2. The van der Waals surface area contributed by atoms with E-state index in [1.54, 1.807) is 23.0 Å². The zero-order valence-electron chi connectivity index (χ0n) is 9.81. The van der Waals surface area contributed by atoms with Crippen LogP contribution in [0.4, 0.5) is 4.39 Å². The Morgan fingerprint density at radius 2 is 2.28 bits per heavy atom. The van der Waals surface area contributed by atoms with E-state index in [0.29, 0.717) is 18.7 Å². The molecular weight excluding hydrogens is 231 g/mol. The van der Waals surface area contributed by atoms with Crippen molar-refractivity contribution in [2.75, 3.05) is 6.54 Å². The predicted molar refractivity (Wildman–Crippen MR) is 65.0 cm³/mol. The lowest BCUT2D eigenvalue weighted by atomic mass is 10.1. The summed E-state index contributed by atoms with van der Waals surface area (Å²) in [5.41, 5.74) is 0.593. The van der Waals surface area contributed by atoms with Gasteiger partial charge in [-0.3, -0.25) is 4.68 Å². The SMILES string of the molecule is N#Cc1cccc(CNCCn2cccn2)c1F. The summed E-state index contributed by atoms with van der Waals surface area (Å²) >= 11 is 0. The number of nitrogens with one attached hydrogen (secondary N) is 1. The topological polar surface area (TPSA) is 53.6 Å². The molecule has 0 bridgehead atoms. The number of rotatable bonds is 5. The van der Waals surface area contributed by atoms with E-state index < -0.39 is 5.82 Å². The van der Waals surface area contributed by atoms with Crippen LogP contribution in [0.5, 0.6) is 0 Å². The predicted octanol–water partition coefficient (Wildman–Crippen LogP) is 1.68. The van der Waals surface area contributed by atoms with Gasteiger partial charge in [-0.05, 0) is 12.1 Å². The maximum atomic E-state index is 13.7. The van der Waals surface area contributed by atoms with Crippen LogP contribution >= 0.6 is 0 Å². The molecule has 2 aromatic rings. The van der Waals surface area contributed by atoms with Crippen LogP contribution in [-0.4, -0.2) is 16.3 Å². The van der Waals surface area contributed by atoms with Crippen molar-refractivity contribution in [2.45, 2.75) is 13.1 Å². The summed E-state index contributed by atoms with van der Waals surface area (Å²) in [6.07, 6.45) is 3.59. The van der Waals surface area contributed by atoms with Crippen molar-refractivity contribution in [3.8, 4) is 6.07 Å². The van der Waals surface area contributed by atoms with Gasteiger partial charge in [0.25, 0.3) is 0 Å². The van der Waals surface area contributed by atoms with E-state index in [1.165, 1.54) is 6.07 Å². The quantitative estimate of drug-likeness (QED) is 0.814. The van der Waals surface area contributed by atoms with E-state index in [-0.39, 0.29) is 5.56 Å². The van der Waals surface area contributed by atoms with Crippen molar-refractivity contribution >= 4 is 0 Å². The van der Waals surface area contributed by atoms with Crippen LogP contribution in [-0.2, 0) is 13.1 Å². The molecule has 2 rings (SSSR count). The van der Waals surface area contributed by atoms with Crippen LogP contribution in [0.1, 0.15) is 11.1 Å². The molecule has 0 amide bonds. The number of hydrogen-bond acceptors (Lipinski definition) is 3. The Balaban J connectivity index is 1.85.